The summed E-state index contributed by atoms with van der Waals surface area (Å²) in [6.07, 6.45) is 2.13. The molecule has 94 valence electrons. The Kier molecular flexibility index (Phi) is 3.09. The molecule has 2 aromatic heterocycles. The van der Waals surface area contributed by atoms with Crippen molar-refractivity contribution in [1.82, 2.24) is 10.2 Å². The quantitative estimate of drug-likeness (QED) is 0.875. The Hall–Kier alpha value is -1.34. The Bertz CT molecular complexity index is 552. The summed E-state index contributed by atoms with van der Waals surface area (Å²) < 4.78 is 5.26. The van der Waals surface area contributed by atoms with Crippen LogP contribution in [0, 0.1) is 5.92 Å². The molecule has 0 aromatic carbocycles. The van der Waals surface area contributed by atoms with Gasteiger partial charge in [-0.2, -0.15) is 12.6 Å². The predicted molar refractivity (Wildman–Crippen MR) is 71.9 cm³/mol. The number of thiol groups is 1. The molecule has 18 heavy (non-hydrogen) atoms. The van der Waals surface area contributed by atoms with Crippen LogP contribution in [0.25, 0.3) is 10.8 Å². The highest BCUT2D eigenvalue weighted by atomic mass is 32.1. The first-order valence-electron chi connectivity index (χ1n) is 5.56. The highest BCUT2D eigenvalue weighted by Gasteiger charge is 2.32. The number of furan rings is 1. The molecule has 0 aliphatic carbocycles. The van der Waals surface area contributed by atoms with Gasteiger partial charge in [-0.05, 0) is 23.8 Å². The van der Waals surface area contributed by atoms with Gasteiger partial charge >= 0.3 is 0 Å². The van der Waals surface area contributed by atoms with Crippen LogP contribution in [0.1, 0.15) is 6.42 Å². The van der Waals surface area contributed by atoms with Gasteiger partial charge in [-0.3, -0.25) is 9.69 Å². The van der Waals surface area contributed by atoms with Crippen LogP contribution in [0.15, 0.2) is 22.8 Å². The summed E-state index contributed by atoms with van der Waals surface area (Å²) in [5, 5.41) is 9.44. The number of nitrogens with zero attached hydrogens (tertiary/aromatic N) is 3. The van der Waals surface area contributed by atoms with Crippen molar-refractivity contribution in [2.75, 3.05) is 17.2 Å². The van der Waals surface area contributed by atoms with Crippen LogP contribution in [0.4, 0.5) is 5.13 Å². The molecule has 0 saturated carbocycles. The second-order valence-electron chi connectivity index (χ2n) is 4.12. The van der Waals surface area contributed by atoms with E-state index in [-0.39, 0.29) is 5.91 Å². The highest BCUT2D eigenvalue weighted by molar-refractivity contribution is 7.80. The Balaban J connectivity index is 1.84. The van der Waals surface area contributed by atoms with E-state index in [0.29, 0.717) is 40.5 Å². The number of rotatable bonds is 3. The summed E-state index contributed by atoms with van der Waals surface area (Å²) in [6, 6.07) is 3.63. The second-order valence-corrected chi connectivity index (χ2v) is 5.45. The predicted octanol–water partition coefficient (Wildman–Crippen LogP) is 2.08. The molecule has 3 heterocycles. The molecule has 1 fully saturated rings. The third-order valence-corrected chi connectivity index (χ3v) is 4.32. The Morgan fingerprint density at radius 3 is 3.11 bits per heavy atom. The van der Waals surface area contributed by atoms with Crippen LogP contribution >= 0.6 is 24.0 Å². The lowest BCUT2D eigenvalue weighted by Gasteiger charge is -2.10. The number of aromatic nitrogens is 2. The zero-order chi connectivity index (χ0) is 12.5. The number of anilines is 1. The van der Waals surface area contributed by atoms with E-state index in [1.807, 2.05) is 6.07 Å². The zero-order valence-corrected chi connectivity index (χ0v) is 11.2. The molecule has 0 radical (unpaired) electrons. The van der Waals surface area contributed by atoms with Crippen molar-refractivity contribution in [3.05, 3.63) is 18.4 Å². The molecular weight excluding hydrogens is 270 g/mol. The molecule has 0 N–H and O–H groups in total. The molecule has 1 saturated heterocycles. The van der Waals surface area contributed by atoms with Gasteiger partial charge in [0.05, 0.1) is 6.26 Å². The summed E-state index contributed by atoms with van der Waals surface area (Å²) in [6.45, 7) is 0.676. The number of carbonyl (C=O) groups excluding carboxylic acids is 1. The molecule has 1 aliphatic heterocycles. The lowest BCUT2D eigenvalue weighted by atomic mass is 10.1. The average molecular weight is 281 g/mol. The van der Waals surface area contributed by atoms with Gasteiger partial charge in [0, 0.05) is 13.0 Å². The van der Waals surface area contributed by atoms with Crippen molar-refractivity contribution in [2.24, 2.45) is 5.92 Å². The Morgan fingerprint density at radius 1 is 1.56 bits per heavy atom. The average Bonchev–Trinajstić information content (AvgIpc) is 3.08. The molecule has 1 unspecified atom stereocenters. The van der Waals surface area contributed by atoms with E-state index < -0.39 is 0 Å². The molecule has 2 aromatic rings. The SMILES string of the molecule is O=C1CC(CS)CN1c1nnc(-c2ccco2)s1. The minimum Gasteiger partial charge on any atom is -0.462 e. The van der Waals surface area contributed by atoms with Crippen LogP contribution < -0.4 is 4.90 Å². The van der Waals surface area contributed by atoms with E-state index in [4.69, 9.17) is 4.42 Å². The van der Waals surface area contributed by atoms with E-state index in [0.717, 1.165) is 0 Å². The normalized spacial score (nSPS) is 19.7. The fourth-order valence-corrected chi connectivity index (χ4v) is 3.00. The van der Waals surface area contributed by atoms with Gasteiger partial charge < -0.3 is 4.42 Å². The summed E-state index contributed by atoms with van der Waals surface area (Å²) in [4.78, 5) is 13.5. The third-order valence-electron chi connectivity index (χ3n) is 2.84. The van der Waals surface area contributed by atoms with Crippen molar-refractivity contribution in [2.45, 2.75) is 6.42 Å². The van der Waals surface area contributed by atoms with E-state index in [9.17, 15) is 4.79 Å². The first-order chi connectivity index (χ1) is 8.78. The Labute approximate surface area is 113 Å². The Morgan fingerprint density at radius 2 is 2.44 bits per heavy atom. The van der Waals surface area contributed by atoms with E-state index in [1.54, 1.807) is 17.2 Å². The minimum atomic E-state index is 0.0937. The van der Waals surface area contributed by atoms with Crippen LogP contribution in [-0.4, -0.2) is 28.4 Å². The van der Waals surface area contributed by atoms with Gasteiger partial charge in [-0.1, -0.05) is 11.3 Å². The standard InChI is InChI=1S/C11H11N3O2S2/c15-9-4-7(6-17)5-14(9)11-13-12-10(18-11)8-2-1-3-16-8/h1-3,7,17H,4-6H2. The molecule has 1 amide bonds. The molecule has 3 rings (SSSR count). The molecule has 1 aliphatic rings. The van der Waals surface area contributed by atoms with Crippen molar-refractivity contribution >= 4 is 35.0 Å². The minimum absolute atomic E-state index is 0.0937. The number of carbonyl (C=O) groups is 1. The van der Waals surface area contributed by atoms with Crippen molar-refractivity contribution in [3.63, 3.8) is 0 Å². The van der Waals surface area contributed by atoms with Gasteiger partial charge in [-0.25, -0.2) is 0 Å². The topological polar surface area (TPSA) is 59.2 Å². The van der Waals surface area contributed by atoms with Gasteiger partial charge in [0.2, 0.25) is 11.0 Å². The molecular formula is C11H11N3O2S2. The van der Waals surface area contributed by atoms with Crippen molar-refractivity contribution < 1.29 is 9.21 Å². The maximum absolute atomic E-state index is 11.8. The van der Waals surface area contributed by atoms with Crippen molar-refractivity contribution in [3.8, 4) is 10.8 Å². The third kappa shape index (κ3) is 2.04. The lowest BCUT2D eigenvalue weighted by molar-refractivity contribution is -0.117. The van der Waals surface area contributed by atoms with Gasteiger partial charge in [0.15, 0.2) is 10.8 Å². The first-order valence-corrected chi connectivity index (χ1v) is 7.01. The van der Waals surface area contributed by atoms with Crippen LogP contribution in [0.5, 0.6) is 0 Å². The summed E-state index contributed by atoms with van der Waals surface area (Å²) in [5.41, 5.74) is 0. The van der Waals surface area contributed by atoms with Crippen LogP contribution in [0.2, 0.25) is 0 Å². The van der Waals surface area contributed by atoms with Gasteiger partial charge in [0.1, 0.15) is 0 Å². The maximum atomic E-state index is 11.8. The second kappa shape index (κ2) is 4.74. The van der Waals surface area contributed by atoms with E-state index in [1.165, 1.54) is 11.3 Å². The molecule has 7 heteroatoms. The first kappa shape index (κ1) is 11.7. The maximum Gasteiger partial charge on any atom is 0.229 e. The van der Waals surface area contributed by atoms with Gasteiger partial charge in [-0.15, -0.1) is 10.2 Å². The smallest absolute Gasteiger partial charge is 0.229 e. The van der Waals surface area contributed by atoms with Gasteiger partial charge in [0.25, 0.3) is 0 Å². The summed E-state index contributed by atoms with van der Waals surface area (Å²) >= 11 is 5.61. The number of amides is 1. The monoisotopic (exact) mass is 281 g/mol. The fraction of sp³-hybridized carbons (Fsp3) is 0.364. The number of hydrogen-bond acceptors (Lipinski definition) is 6. The molecule has 5 nitrogen and oxygen atoms in total. The fourth-order valence-electron chi connectivity index (χ4n) is 1.91. The highest BCUT2D eigenvalue weighted by Crippen LogP contribution is 2.32. The van der Waals surface area contributed by atoms with Crippen LogP contribution in [0.3, 0.4) is 0 Å². The summed E-state index contributed by atoms with van der Waals surface area (Å²) in [5.74, 6) is 1.79. The van der Waals surface area contributed by atoms with Crippen molar-refractivity contribution in [1.29, 1.82) is 0 Å². The number of hydrogen-bond donors (Lipinski definition) is 1. The van der Waals surface area contributed by atoms with E-state index >= 15 is 0 Å². The molecule has 0 spiro atoms. The largest absolute Gasteiger partial charge is 0.462 e. The lowest BCUT2D eigenvalue weighted by Crippen LogP contribution is -2.24. The van der Waals surface area contributed by atoms with E-state index in [2.05, 4.69) is 22.8 Å². The zero-order valence-electron chi connectivity index (χ0n) is 9.44. The van der Waals surface area contributed by atoms with Crippen LogP contribution in [-0.2, 0) is 4.79 Å². The summed E-state index contributed by atoms with van der Waals surface area (Å²) in [7, 11) is 0. The molecule has 0 bridgehead atoms. The molecule has 1 atom stereocenters.